The van der Waals surface area contributed by atoms with Crippen LogP contribution in [-0.4, -0.2) is 22.6 Å². The summed E-state index contributed by atoms with van der Waals surface area (Å²) in [6, 6.07) is 10.3. The SMILES string of the molecule is CC(C)CNc1ccc(C(=O)Nc2cccc(Cl)c2)nn1. The van der Waals surface area contributed by atoms with Crippen LogP contribution in [0.3, 0.4) is 0 Å². The lowest BCUT2D eigenvalue weighted by Crippen LogP contribution is -2.15. The third-order valence-electron chi connectivity index (χ3n) is 2.67. The van der Waals surface area contributed by atoms with Gasteiger partial charge in [-0.2, -0.15) is 0 Å². The van der Waals surface area contributed by atoms with Crippen molar-refractivity contribution in [2.24, 2.45) is 5.92 Å². The van der Waals surface area contributed by atoms with Crippen LogP contribution in [0.15, 0.2) is 36.4 Å². The van der Waals surface area contributed by atoms with Crippen LogP contribution in [0.1, 0.15) is 24.3 Å². The number of aromatic nitrogens is 2. The van der Waals surface area contributed by atoms with E-state index in [9.17, 15) is 4.79 Å². The van der Waals surface area contributed by atoms with Crippen molar-refractivity contribution < 1.29 is 4.79 Å². The molecular formula is C15H17ClN4O. The summed E-state index contributed by atoms with van der Waals surface area (Å²) >= 11 is 5.87. The number of carbonyl (C=O) groups excluding carboxylic acids is 1. The Morgan fingerprint density at radius 1 is 1.24 bits per heavy atom. The number of hydrogen-bond acceptors (Lipinski definition) is 4. The summed E-state index contributed by atoms with van der Waals surface area (Å²) in [4.78, 5) is 12.0. The van der Waals surface area contributed by atoms with Crippen molar-refractivity contribution in [2.45, 2.75) is 13.8 Å². The topological polar surface area (TPSA) is 66.9 Å². The Labute approximate surface area is 128 Å². The Kier molecular flexibility index (Phi) is 5.11. The summed E-state index contributed by atoms with van der Waals surface area (Å²) in [5.74, 6) is 0.848. The number of hydrogen-bond donors (Lipinski definition) is 2. The summed E-state index contributed by atoms with van der Waals surface area (Å²) in [6.45, 7) is 5.02. The molecule has 0 fully saturated rings. The maximum Gasteiger partial charge on any atom is 0.276 e. The van der Waals surface area contributed by atoms with Gasteiger partial charge < -0.3 is 10.6 Å². The number of nitrogens with one attached hydrogen (secondary N) is 2. The molecule has 0 saturated heterocycles. The van der Waals surface area contributed by atoms with Crippen molar-refractivity contribution in [1.82, 2.24) is 10.2 Å². The second kappa shape index (κ2) is 7.04. The molecule has 0 aliphatic rings. The van der Waals surface area contributed by atoms with E-state index in [1.165, 1.54) is 0 Å². The minimum Gasteiger partial charge on any atom is -0.368 e. The third-order valence-corrected chi connectivity index (χ3v) is 2.91. The zero-order chi connectivity index (χ0) is 15.2. The van der Waals surface area contributed by atoms with Gasteiger partial charge in [0.05, 0.1) is 0 Å². The Hall–Kier alpha value is -2.14. The van der Waals surface area contributed by atoms with E-state index in [1.54, 1.807) is 36.4 Å². The van der Waals surface area contributed by atoms with Gasteiger partial charge in [0.2, 0.25) is 0 Å². The first-order valence-electron chi connectivity index (χ1n) is 6.69. The highest BCUT2D eigenvalue weighted by molar-refractivity contribution is 6.30. The molecule has 6 heteroatoms. The molecule has 0 radical (unpaired) electrons. The van der Waals surface area contributed by atoms with Crippen LogP contribution in [-0.2, 0) is 0 Å². The molecule has 0 atom stereocenters. The van der Waals surface area contributed by atoms with E-state index in [4.69, 9.17) is 11.6 Å². The molecule has 2 N–H and O–H groups in total. The van der Waals surface area contributed by atoms with Gasteiger partial charge in [0.15, 0.2) is 5.69 Å². The minimum absolute atomic E-state index is 0.255. The fourth-order valence-electron chi connectivity index (χ4n) is 1.62. The Balaban J connectivity index is 1.99. The fraction of sp³-hybridized carbons (Fsp3) is 0.267. The second-order valence-electron chi connectivity index (χ2n) is 5.04. The Bertz CT molecular complexity index is 613. The maximum absolute atomic E-state index is 12.0. The van der Waals surface area contributed by atoms with E-state index >= 15 is 0 Å². The molecule has 1 aromatic carbocycles. The van der Waals surface area contributed by atoms with Crippen LogP contribution in [0, 0.1) is 5.92 Å². The number of carbonyl (C=O) groups is 1. The summed E-state index contributed by atoms with van der Waals surface area (Å²) < 4.78 is 0. The molecule has 0 spiro atoms. The lowest BCUT2D eigenvalue weighted by Gasteiger charge is -2.08. The van der Waals surface area contributed by atoms with Gasteiger partial charge in [-0.15, -0.1) is 10.2 Å². The Morgan fingerprint density at radius 3 is 2.67 bits per heavy atom. The van der Waals surface area contributed by atoms with E-state index in [0.29, 0.717) is 22.4 Å². The number of benzene rings is 1. The molecule has 2 aromatic rings. The molecule has 1 amide bonds. The van der Waals surface area contributed by atoms with Crippen LogP contribution in [0.4, 0.5) is 11.5 Å². The summed E-state index contributed by atoms with van der Waals surface area (Å²) in [6.07, 6.45) is 0. The fourth-order valence-corrected chi connectivity index (χ4v) is 1.81. The third kappa shape index (κ3) is 4.72. The van der Waals surface area contributed by atoms with Crippen molar-refractivity contribution in [1.29, 1.82) is 0 Å². The molecule has 110 valence electrons. The van der Waals surface area contributed by atoms with Gasteiger partial charge in [-0.25, -0.2) is 0 Å². The Morgan fingerprint density at radius 2 is 2.05 bits per heavy atom. The van der Waals surface area contributed by atoms with E-state index < -0.39 is 0 Å². The van der Waals surface area contributed by atoms with E-state index in [1.807, 2.05) is 0 Å². The van der Waals surface area contributed by atoms with Gasteiger partial charge >= 0.3 is 0 Å². The maximum atomic E-state index is 12.0. The molecule has 0 aliphatic carbocycles. The van der Waals surface area contributed by atoms with Gasteiger partial charge in [0, 0.05) is 17.3 Å². The van der Waals surface area contributed by atoms with Gasteiger partial charge in [0.25, 0.3) is 5.91 Å². The first kappa shape index (κ1) is 15.3. The molecule has 1 aromatic heterocycles. The molecule has 2 rings (SSSR count). The molecule has 0 aliphatic heterocycles. The van der Waals surface area contributed by atoms with Crippen LogP contribution in [0.2, 0.25) is 5.02 Å². The summed E-state index contributed by atoms with van der Waals surface area (Å²) in [7, 11) is 0. The van der Waals surface area contributed by atoms with Crippen molar-refractivity contribution in [3.05, 3.63) is 47.1 Å². The average molecular weight is 305 g/mol. The molecule has 1 heterocycles. The molecule has 5 nitrogen and oxygen atoms in total. The predicted molar refractivity (Wildman–Crippen MR) is 84.8 cm³/mol. The predicted octanol–water partition coefficient (Wildman–Crippen LogP) is 3.45. The molecule has 0 unspecified atom stereocenters. The van der Waals surface area contributed by atoms with Gasteiger partial charge in [-0.3, -0.25) is 4.79 Å². The summed E-state index contributed by atoms with van der Waals surface area (Å²) in [5, 5.41) is 14.3. The minimum atomic E-state index is -0.319. The highest BCUT2D eigenvalue weighted by Crippen LogP contribution is 2.15. The summed E-state index contributed by atoms with van der Waals surface area (Å²) in [5.41, 5.74) is 0.876. The van der Waals surface area contributed by atoms with Crippen LogP contribution < -0.4 is 10.6 Å². The van der Waals surface area contributed by atoms with Crippen molar-refractivity contribution in [2.75, 3.05) is 17.2 Å². The number of halogens is 1. The smallest absolute Gasteiger partial charge is 0.276 e. The van der Waals surface area contributed by atoms with Crippen molar-refractivity contribution in [3.63, 3.8) is 0 Å². The number of rotatable bonds is 5. The van der Waals surface area contributed by atoms with Gasteiger partial charge in [-0.05, 0) is 36.2 Å². The highest BCUT2D eigenvalue weighted by Gasteiger charge is 2.09. The van der Waals surface area contributed by atoms with Crippen LogP contribution >= 0.6 is 11.6 Å². The van der Waals surface area contributed by atoms with Gasteiger partial charge in [0.1, 0.15) is 5.82 Å². The van der Waals surface area contributed by atoms with Crippen molar-refractivity contribution in [3.8, 4) is 0 Å². The molecular weight excluding hydrogens is 288 g/mol. The van der Waals surface area contributed by atoms with E-state index in [-0.39, 0.29) is 11.6 Å². The monoisotopic (exact) mass is 304 g/mol. The van der Waals surface area contributed by atoms with E-state index in [2.05, 4.69) is 34.7 Å². The first-order chi connectivity index (χ1) is 10.0. The first-order valence-corrected chi connectivity index (χ1v) is 7.07. The molecule has 0 saturated carbocycles. The zero-order valence-corrected chi connectivity index (χ0v) is 12.7. The van der Waals surface area contributed by atoms with Crippen LogP contribution in [0.25, 0.3) is 0 Å². The van der Waals surface area contributed by atoms with Gasteiger partial charge in [-0.1, -0.05) is 31.5 Å². The quantitative estimate of drug-likeness (QED) is 0.888. The lowest BCUT2D eigenvalue weighted by atomic mass is 10.2. The average Bonchev–Trinajstić information content (AvgIpc) is 2.45. The van der Waals surface area contributed by atoms with E-state index in [0.717, 1.165) is 6.54 Å². The molecule has 21 heavy (non-hydrogen) atoms. The van der Waals surface area contributed by atoms with Crippen LogP contribution in [0.5, 0.6) is 0 Å². The lowest BCUT2D eigenvalue weighted by molar-refractivity contribution is 0.102. The second-order valence-corrected chi connectivity index (χ2v) is 5.48. The zero-order valence-electron chi connectivity index (χ0n) is 11.9. The van der Waals surface area contributed by atoms with Crippen molar-refractivity contribution >= 4 is 29.0 Å². The number of anilines is 2. The number of amides is 1. The normalized spacial score (nSPS) is 10.5. The highest BCUT2D eigenvalue weighted by atomic mass is 35.5. The molecule has 0 bridgehead atoms. The number of nitrogens with zero attached hydrogens (tertiary/aromatic N) is 2. The standard InChI is InChI=1S/C15H17ClN4O/c1-10(2)9-17-14-7-6-13(19-20-14)15(21)18-12-5-3-4-11(16)8-12/h3-8,10H,9H2,1-2H3,(H,17,20)(H,18,21). The largest absolute Gasteiger partial charge is 0.368 e.